The van der Waals surface area contributed by atoms with Crippen LogP contribution in [0.15, 0.2) is 0 Å². The number of likely N-dealkylation sites (N-methyl/N-ethyl adjacent to an activating group) is 2. The molecule has 1 aliphatic rings. The van der Waals surface area contributed by atoms with E-state index in [1.165, 1.54) is 12.8 Å². The summed E-state index contributed by atoms with van der Waals surface area (Å²) >= 11 is 0. The predicted octanol–water partition coefficient (Wildman–Crippen LogP) is 2.10. The summed E-state index contributed by atoms with van der Waals surface area (Å²) in [6.07, 6.45) is 2.83. The Bertz CT molecular complexity index is 169. The fraction of sp³-hybridized carbons (Fsp3) is 1.00. The van der Waals surface area contributed by atoms with E-state index in [0.717, 1.165) is 19.0 Å². The molecule has 2 heteroatoms. The molecule has 0 bridgehead atoms. The Hall–Kier alpha value is -0.0800. The molecule has 1 saturated carbocycles. The van der Waals surface area contributed by atoms with Crippen molar-refractivity contribution in [3.63, 3.8) is 0 Å². The Morgan fingerprint density at radius 1 is 1.29 bits per heavy atom. The Morgan fingerprint density at radius 3 is 2.07 bits per heavy atom. The highest BCUT2D eigenvalue weighted by Crippen LogP contribution is 2.38. The molecule has 0 radical (unpaired) electrons. The Balaban J connectivity index is 2.67. The van der Waals surface area contributed by atoms with Gasteiger partial charge in [-0.1, -0.05) is 13.8 Å². The topological polar surface area (TPSA) is 15.3 Å². The maximum absolute atomic E-state index is 3.51. The van der Waals surface area contributed by atoms with Gasteiger partial charge >= 0.3 is 0 Å². The Morgan fingerprint density at radius 2 is 1.79 bits per heavy atom. The van der Waals surface area contributed by atoms with E-state index >= 15 is 0 Å². The minimum absolute atomic E-state index is 0.291. The van der Waals surface area contributed by atoms with Crippen LogP contribution >= 0.6 is 0 Å². The molecule has 0 saturated heterocycles. The van der Waals surface area contributed by atoms with E-state index in [9.17, 15) is 0 Å². The first-order valence-corrected chi connectivity index (χ1v) is 6.00. The van der Waals surface area contributed by atoms with E-state index < -0.39 is 0 Å². The molecule has 1 rings (SSSR count). The smallest absolute Gasteiger partial charge is 0.0308 e. The van der Waals surface area contributed by atoms with Gasteiger partial charge in [0.1, 0.15) is 0 Å². The zero-order chi connectivity index (χ0) is 10.8. The normalized spacial score (nSPS) is 20.1. The van der Waals surface area contributed by atoms with Crippen molar-refractivity contribution in [1.29, 1.82) is 0 Å². The number of nitrogens with zero attached hydrogens (tertiary/aromatic N) is 1. The number of hydrogen-bond donors (Lipinski definition) is 1. The van der Waals surface area contributed by atoms with Gasteiger partial charge in [-0.2, -0.15) is 0 Å². The van der Waals surface area contributed by atoms with Gasteiger partial charge in [0.15, 0.2) is 0 Å². The van der Waals surface area contributed by atoms with E-state index in [0.29, 0.717) is 11.6 Å². The van der Waals surface area contributed by atoms with Crippen LogP contribution in [0.1, 0.15) is 40.5 Å². The molecule has 0 spiro atoms. The van der Waals surface area contributed by atoms with Crippen LogP contribution in [0.3, 0.4) is 0 Å². The predicted molar refractivity (Wildman–Crippen MR) is 62.6 cm³/mol. The van der Waals surface area contributed by atoms with Gasteiger partial charge in [-0.05, 0) is 52.7 Å². The molecule has 1 atom stereocenters. The summed E-state index contributed by atoms with van der Waals surface area (Å²) in [7, 11) is 2.11. The highest BCUT2D eigenvalue weighted by Gasteiger charge is 2.42. The standard InChI is InChI=1S/C12H26N2/c1-6-14(7-2)12(3,4)11(13-5)10-8-9-10/h10-11,13H,6-9H2,1-5H3. The third-order valence-electron chi connectivity index (χ3n) is 3.74. The van der Waals surface area contributed by atoms with E-state index in [-0.39, 0.29) is 0 Å². The monoisotopic (exact) mass is 198 g/mol. The van der Waals surface area contributed by atoms with Crippen LogP contribution in [-0.2, 0) is 0 Å². The molecular weight excluding hydrogens is 172 g/mol. The second-order valence-corrected chi connectivity index (χ2v) is 4.93. The Labute approximate surface area is 89.1 Å². The SMILES string of the molecule is CCN(CC)C(C)(C)C(NC)C1CC1. The Kier molecular flexibility index (Phi) is 3.96. The molecule has 0 aromatic heterocycles. The average Bonchev–Trinajstić information content (AvgIpc) is 2.90. The molecule has 0 aromatic carbocycles. The lowest BCUT2D eigenvalue weighted by Crippen LogP contribution is -2.57. The second-order valence-electron chi connectivity index (χ2n) is 4.93. The van der Waals surface area contributed by atoms with Crippen molar-refractivity contribution in [2.45, 2.75) is 52.1 Å². The quantitative estimate of drug-likeness (QED) is 0.703. The van der Waals surface area contributed by atoms with Crippen LogP contribution in [0, 0.1) is 5.92 Å². The van der Waals surface area contributed by atoms with E-state index in [4.69, 9.17) is 0 Å². The lowest BCUT2D eigenvalue weighted by molar-refractivity contribution is 0.0855. The van der Waals surface area contributed by atoms with Crippen molar-refractivity contribution in [3.8, 4) is 0 Å². The van der Waals surface area contributed by atoms with Crippen molar-refractivity contribution >= 4 is 0 Å². The molecule has 1 fully saturated rings. The molecular formula is C12H26N2. The van der Waals surface area contributed by atoms with Crippen LogP contribution in [-0.4, -0.2) is 36.6 Å². The highest BCUT2D eigenvalue weighted by molar-refractivity contribution is 5.00. The summed E-state index contributed by atoms with van der Waals surface area (Å²) < 4.78 is 0. The molecule has 1 unspecified atom stereocenters. The fourth-order valence-corrected chi connectivity index (χ4v) is 2.83. The molecule has 0 heterocycles. The average molecular weight is 198 g/mol. The third kappa shape index (κ3) is 2.29. The fourth-order valence-electron chi connectivity index (χ4n) is 2.83. The first-order valence-electron chi connectivity index (χ1n) is 6.00. The molecule has 1 N–H and O–H groups in total. The van der Waals surface area contributed by atoms with Gasteiger partial charge < -0.3 is 5.32 Å². The summed E-state index contributed by atoms with van der Waals surface area (Å²) in [4.78, 5) is 2.56. The van der Waals surface area contributed by atoms with Crippen LogP contribution in [0.25, 0.3) is 0 Å². The van der Waals surface area contributed by atoms with Crippen molar-refractivity contribution in [1.82, 2.24) is 10.2 Å². The lowest BCUT2D eigenvalue weighted by atomic mass is 9.88. The van der Waals surface area contributed by atoms with Crippen molar-refractivity contribution in [2.24, 2.45) is 5.92 Å². The maximum atomic E-state index is 3.51. The van der Waals surface area contributed by atoms with Gasteiger partial charge in [0.25, 0.3) is 0 Å². The van der Waals surface area contributed by atoms with Crippen molar-refractivity contribution in [2.75, 3.05) is 20.1 Å². The van der Waals surface area contributed by atoms with E-state index in [1.54, 1.807) is 0 Å². The second kappa shape index (κ2) is 4.63. The van der Waals surface area contributed by atoms with Crippen LogP contribution in [0.4, 0.5) is 0 Å². The minimum atomic E-state index is 0.291. The summed E-state index contributed by atoms with van der Waals surface area (Å²) in [5.74, 6) is 0.913. The van der Waals surface area contributed by atoms with Crippen LogP contribution < -0.4 is 5.32 Å². The lowest BCUT2D eigenvalue weighted by Gasteiger charge is -2.43. The molecule has 1 aliphatic carbocycles. The summed E-state index contributed by atoms with van der Waals surface area (Å²) in [6, 6.07) is 0.655. The summed E-state index contributed by atoms with van der Waals surface area (Å²) in [5, 5.41) is 3.51. The van der Waals surface area contributed by atoms with Gasteiger partial charge in [0.05, 0.1) is 0 Å². The molecule has 2 nitrogen and oxygen atoms in total. The summed E-state index contributed by atoms with van der Waals surface area (Å²) in [5.41, 5.74) is 0.291. The van der Waals surface area contributed by atoms with Crippen LogP contribution in [0.5, 0.6) is 0 Å². The van der Waals surface area contributed by atoms with Crippen LogP contribution in [0.2, 0.25) is 0 Å². The van der Waals surface area contributed by atoms with Gasteiger partial charge in [-0.15, -0.1) is 0 Å². The van der Waals surface area contributed by atoms with Crippen molar-refractivity contribution < 1.29 is 0 Å². The van der Waals surface area contributed by atoms with E-state index in [1.807, 2.05) is 0 Å². The highest BCUT2D eigenvalue weighted by atomic mass is 15.2. The minimum Gasteiger partial charge on any atom is -0.315 e. The van der Waals surface area contributed by atoms with Gasteiger partial charge in [0.2, 0.25) is 0 Å². The molecule has 0 amide bonds. The molecule has 0 aliphatic heterocycles. The number of nitrogens with one attached hydrogen (secondary N) is 1. The molecule has 14 heavy (non-hydrogen) atoms. The first-order chi connectivity index (χ1) is 6.57. The third-order valence-corrected chi connectivity index (χ3v) is 3.74. The zero-order valence-corrected chi connectivity index (χ0v) is 10.4. The molecule has 84 valence electrons. The van der Waals surface area contributed by atoms with Crippen molar-refractivity contribution in [3.05, 3.63) is 0 Å². The zero-order valence-electron chi connectivity index (χ0n) is 10.4. The summed E-state index contributed by atoms with van der Waals surface area (Å²) in [6.45, 7) is 11.6. The largest absolute Gasteiger partial charge is 0.315 e. The van der Waals surface area contributed by atoms with E-state index in [2.05, 4.69) is 45.0 Å². The maximum Gasteiger partial charge on any atom is 0.0308 e. The number of rotatable bonds is 6. The number of hydrogen-bond acceptors (Lipinski definition) is 2. The van der Waals surface area contributed by atoms with Gasteiger partial charge in [-0.3, -0.25) is 4.90 Å². The van der Waals surface area contributed by atoms with Gasteiger partial charge in [0, 0.05) is 11.6 Å². The first kappa shape index (κ1) is 12.0. The molecule has 0 aromatic rings. The van der Waals surface area contributed by atoms with Gasteiger partial charge in [-0.25, -0.2) is 0 Å².